The molecule has 184 valence electrons. The first-order valence-electron chi connectivity index (χ1n) is 12.6. The lowest BCUT2D eigenvalue weighted by Crippen LogP contribution is -2.43. The lowest BCUT2D eigenvalue weighted by molar-refractivity contribution is -0.128. The van der Waals surface area contributed by atoms with Gasteiger partial charge in [-0.2, -0.15) is 0 Å². The molecule has 0 unspecified atom stereocenters. The van der Waals surface area contributed by atoms with Gasteiger partial charge in [0.2, 0.25) is 0 Å². The van der Waals surface area contributed by atoms with Crippen LogP contribution < -0.4 is 0 Å². The minimum atomic E-state index is -0.454. The van der Waals surface area contributed by atoms with Crippen LogP contribution in [0.5, 0.6) is 0 Å². The first kappa shape index (κ1) is 24.0. The molecule has 0 bridgehead atoms. The van der Waals surface area contributed by atoms with Crippen molar-refractivity contribution in [1.82, 2.24) is 0 Å². The minimum Gasteiger partial charge on any atom is -0.512 e. The van der Waals surface area contributed by atoms with Crippen molar-refractivity contribution >= 4 is 11.4 Å². The predicted octanol–water partition coefficient (Wildman–Crippen LogP) is 6.43. The molecule has 4 heteroatoms. The van der Waals surface area contributed by atoms with Crippen LogP contribution >= 0.6 is 0 Å². The highest BCUT2D eigenvalue weighted by Gasteiger charge is 2.42. The smallest absolute Gasteiger partial charge is 0.166 e. The predicted molar refractivity (Wildman–Crippen MR) is 139 cm³/mol. The van der Waals surface area contributed by atoms with E-state index in [1.807, 2.05) is 12.1 Å². The Balaban J connectivity index is 1.64. The summed E-state index contributed by atoms with van der Waals surface area (Å²) in [7, 11) is 0. The maximum Gasteiger partial charge on any atom is 0.166 e. The molecule has 0 aromatic heterocycles. The molecular weight excluding hydrogens is 436 g/mol. The average molecular weight is 473 g/mol. The van der Waals surface area contributed by atoms with Crippen LogP contribution in [0.2, 0.25) is 0 Å². The quantitative estimate of drug-likeness (QED) is 0.523. The van der Waals surface area contributed by atoms with Crippen LogP contribution in [0.1, 0.15) is 80.3 Å². The van der Waals surface area contributed by atoms with Gasteiger partial charge in [0.05, 0.1) is 24.2 Å². The maximum absolute atomic E-state index is 12.5. The maximum atomic E-state index is 12.5. The first-order chi connectivity index (χ1) is 16.6. The molecule has 5 rings (SSSR count). The fraction of sp³-hybridized carbons (Fsp3) is 0.452. The Morgan fingerprint density at radius 1 is 0.829 bits per heavy atom. The van der Waals surface area contributed by atoms with Crippen molar-refractivity contribution in [1.29, 1.82) is 0 Å². The fourth-order valence-corrected chi connectivity index (χ4v) is 6.01. The highest BCUT2D eigenvalue weighted by molar-refractivity contribution is 6.21. The SMILES string of the molecule is Cc1cc2c(cc1C1(c3ccc(C4=C(O)CCCC4=O)cc3)COCOC1)C(C)(C)C=CC2(C)C. The number of hydrogen-bond acceptors (Lipinski definition) is 4. The summed E-state index contributed by atoms with van der Waals surface area (Å²) in [5.41, 5.74) is 6.95. The summed E-state index contributed by atoms with van der Waals surface area (Å²) in [5, 5.41) is 10.4. The molecule has 1 heterocycles. The molecule has 1 N–H and O–H groups in total. The zero-order chi connectivity index (χ0) is 25.0. The molecule has 0 atom stereocenters. The summed E-state index contributed by atoms with van der Waals surface area (Å²) >= 11 is 0. The summed E-state index contributed by atoms with van der Waals surface area (Å²) in [6.07, 6.45) is 6.41. The topological polar surface area (TPSA) is 55.8 Å². The van der Waals surface area contributed by atoms with Gasteiger partial charge < -0.3 is 14.6 Å². The Morgan fingerprint density at radius 3 is 2.03 bits per heavy atom. The van der Waals surface area contributed by atoms with Crippen LogP contribution in [-0.4, -0.2) is 30.9 Å². The van der Waals surface area contributed by atoms with E-state index in [9.17, 15) is 9.90 Å². The van der Waals surface area contributed by atoms with Gasteiger partial charge in [-0.1, -0.05) is 76.2 Å². The standard InChI is InChI=1S/C31H36O4/c1-20-15-24-25(30(4,5)14-13-29(24,2)3)16-23(20)31(17-34-19-35-18-31)22-11-9-21(10-12-22)28-26(32)7-6-8-27(28)33/h9-16,32H,6-8,17-19H2,1-5H3. The molecule has 0 saturated carbocycles. The summed E-state index contributed by atoms with van der Waals surface area (Å²) in [6.45, 7) is 12.6. The molecule has 0 radical (unpaired) electrons. The van der Waals surface area contributed by atoms with Gasteiger partial charge in [-0.3, -0.25) is 4.79 Å². The van der Waals surface area contributed by atoms with Crippen LogP contribution in [0, 0.1) is 6.92 Å². The number of ether oxygens (including phenoxy) is 2. The number of fused-ring (bicyclic) bond motifs is 1. The van der Waals surface area contributed by atoms with Crippen molar-refractivity contribution < 1.29 is 19.4 Å². The Morgan fingerprint density at radius 2 is 1.43 bits per heavy atom. The molecule has 0 amide bonds. The van der Waals surface area contributed by atoms with Crippen LogP contribution in [0.4, 0.5) is 0 Å². The number of Topliss-reactive ketones (excluding diaryl/α,β-unsaturated/α-hetero) is 1. The van der Waals surface area contributed by atoms with Crippen molar-refractivity contribution in [2.75, 3.05) is 20.0 Å². The number of carbonyl (C=O) groups excluding carboxylic acids is 1. The second-order valence-corrected chi connectivity index (χ2v) is 11.6. The van der Waals surface area contributed by atoms with Gasteiger partial charge >= 0.3 is 0 Å². The van der Waals surface area contributed by atoms with Crippen molar-refractivity contribution in [2.24, 2.45) is 0 Å². The molecule has 0 spiro atoms. The van der Waals surface area contributed by atoms with Crippen LogP contribution in [0.15, 0.2) is 54.3 Å². The van der Waals surface area contributed by atoms with E-state index in [-0.39, 0.29) is 22.4 Å². The number of aryl methyl sites for hydroxylation is 1. The number of aliphatic hydroxyl groups excluding tert-OH is 1. The van der Waals surface area contributed by atoms with Crippen LogP contribution in [0.25, 0.3) is 5.57 Å². The van der Waals surface area contributed by atoms with Crippen molar-refractivity contribution in [3.05, 3.63) is 87.7 Å². The zero-order valence-corrected chi connectivity index (χ0v) is 21.5. The third-order valence-corrected chi connectivity index (χ3v) is 8.16. The van der Waals surface area contributed by atoms with Gasteiger partial charge in [0.15, 0.2) is 5.78 Å². The molecule has 1 fully saturated rings. The van der Waals surface area contributed by atoms with Gasteiger partial charge in [0.1, 0.15) is 12.6 Å². The summed E-state index contributed by atoms with van der Waals surface area (Å²) in [6, 6.07) is 12.8. The first-order valence-corrected chi connectivity index (χ1v) is 12.6. The molecule has 1 aliphatic heterocycles. The summed E-state index contributed by atoms with van der Waals surface area (Å²) in [4.78, 5) is 12.5. The number of benzene rings is 2. The van der Waals surface area contributed by atoms with E-state index >= 15 is 0 Å². The fourth-order valence-electron chi connectivity index (χ4n) is 6.01. The number of aliphatic hydroxyl groups is 1. The summed E-state index contributed by atoms with van der Waals surface area (Å²) < 4.78 is 11.9. The molecule has 1 saturated heterocycles. The Bertz CT molecular complexity index is 1220. The molecule has 2 aliphatic carbocycles. The largest absolute Gasteiger partial charge is 0.512 e. The number of carbonyl (C=O) groups is 1. The van der Waals surface area contributed by atoms with Crippen molar-refractivity contribution in [3.8, 4) is 0 Å². The van der Waals surface area contributed by atoms with Gasteiger partial charge in [-0.15, -0.1) is 0 Å². The van der Waals surface area contributed by atoms with E-state index in [2.05, 4.69) is 71.0 Å². The molecule has 3 aliphatic rings. The second kappa shape index (κ2) is 8.46. The highest BCUT2D eigenvalue weighted by Crippen LogP contribution is 2.46. The molecule has 4 nitrogen and oxygen atoms in total. The molecule has 35 heavy (non-hydrogen) atoms. The lowest BCUT2D eigenvalue weighted by Gasteiger charge is -2.42. The van der Waals surface area contributed by atoms with Gasteiger partial charge in [-0.25, -0.2) is 0 Å². The zero-order valence-electron chi connectivity index (χ0n) is 21.5. The number of rotatable bonds is 3. The van der Waals surface area contributed by atoms with Crippen LogP contribution in [-0.2, 0) is 30.5 Å². The van der Waals surface area contributed by atoms with Crippen molar-refractivity contribution in [3.63, 3.8) is 0 Å². The van der Waals surface area contributed by atoms with Gasteiger partial charge in [0, 0.05) is 23.7 Å². The highest BCUT2D eigenvalue weighted by atomic mass is 16.7. The Labute approximate surface area is 208 Å². The van der Waals surface area contributed by atoms with Gasteiger partial charge in [0.25, 0.3) is 0 Å². The van der Waals surface area contributed by atoms with E-state index in [0.29, 0.717) is 44.8 Å². The van der Waals surface area contributed by atoms with E-state index in [1.165, 1.54) is 22.3 Å². The van der Waals surface area contributed by atoms with E-state index in [1.54, 1.807) is 0 Å². The van der Waals surface area contributed by atoms with E-state index in [4.69, 9.17) is 9.47 Å². The second-order valence-electron chi connectivity index (χ2n) is 11.6. The Hall–Kier alpha value is -2.69. The number of hydrogen-bond donors (Lipinski definition) is 1. The van der Waals surface area contributed by atoms with Gasteiger partial charge in [-0.05, 0) is 46.7 Å². The van der Waals surface area contributed by atoms with E-state index < -0.39 is 5.41 Å². The number of allylic oxidation sites excluding steroid dienone is 4. The molecule has 2 aromatic rings. The van der Waals surface area contributed by atoms with Crippen molar-refractivity contribution in [2.45, 2.75) is 70.1 Å². The molecular formula is C31H36O4. The number of ketones is 1. The molecule has 2 aromatic carbocycles. The monoisotopic (exact) mass is 472 g/mol. The normalized spacial score (nSPS) is 22.7. The summed E-state index contributed by atoms with van der Waals surface area (Å²) in [5.74, 6) is 0.223. The van der Waals surface area contributed by atoms with Crippen LogP contribution in [0.3, 0.4) is 0 Å². The van der Waals surface area contributed by atoms with E-state index in [0.717, 1.165) is 11.1 Å². The third kappa shape index (κ3) is 3.97. The lowest BCUT2D eigenvalue weighted by atomic mass is 9.64. The average Bonchev–Trinajstić information content (AvgIpc) is 2.83. The Kier molecular flexibility index (Phi) is 5.81. The third-order valence-electron chi connectivity index (χ3n) is 8.16. The minimum absolute atomic E-state index is 0.0176.